The maximum atomic E-state index is 11.1. The summed E-state index contributed by atoms with van der Waals surface area (Å²) in [4.78, 5) is 14.2. The van der Waals surface area contributed by atoms with E-state index in [0.29, 0.717) is 0 Å². The number of nitrogens with two attached hydrogens (primary N) is 2. The van der Waals surface area contributed by atoms with E-state index in [1.54, 1.807) is 0 Å². The Balaban J connectivity index is 2.56. The second-order valence-corrected chi connectivity index (χ2v) is 3.25. The molecule has 4 atom stereocenters. The SMILES string of the molecule is NC(N)=NC(=O)N[C@@H]1O[C@H](CO)[C@H](O)C1O. The van der Waals surface area contributed by atoms with Crippen molar-refractivity contribution in [3.05, 3.63) is 0 Å². The standard InChI is InChI=1S/C7H14N4O5/c8-6(9)11-7(15)10-5-4(14)3(13)2(1-12)16-5/h2-5,12-14H,1H2,(H5,8,9,10,11,15)/t2-,3+,4?,5-/m1/s1. The van der Waals surface area contributed by atoms with Crippen molar-refractivity contribution in [2.24, 2.45) is 16.5 Å². The van der Waals surface area contributed by atoms with E-state index >= 15 is 0 Å². The third-order valence-corrected chi connectivity index (χ3v) is 2.04. The van der Waals surface area contributed by atoms with Crippen molar-refractivity contribution < 1.29 is 24.9 Å². The van der Waals surface area contributed by atoms with Gasteiger partial charge in [0.25, 0.3) is 0 Å². The van der Waals surface area contributed by atoms with Gasteiger partial charge in [-0.15, -0.1) is 0 Å². The first-order valence-corrected chi connectivity index (χ1v) is 4.48. The van der Waals surface area contributed by atoms with Gasteiger partial charge in [0, 0.05) is 0 Å². The minimum atomic E-state index is -1.35. The van der Waals surface area contributed by atoms with E-state index in [2.05, 4.69) is 10.3 Å². The number of ether oxygens (including phenoxy) is 1. The van der Waals surface area contributed by atoms with Crippen LogP contribution in [-0.4, -0.2) is 58.5 Å². The molecular formula is C7H14N4O5. The van der Waals surface area contributed by atoms with Gasteiger partial charge in [0.15, 0.2) is 12.2 Å². The van der Waals surface area contributed by atoms with Gasteiger partial charge in [0.1, 0.15) is 18.3 Å². The number of aliphatic hydroxyl groups excluding tert-OH is 3. The maximum absolute atomic E-state index is 11.1. The second-order valence-electron chi connectivity index (χ2n) is 3.25. The average molecular weight is 234 g/mol. The van der Waals surface area contributed by atoms with Gasteiger partial charge in [-0.05, 0) is 0 Å². The third-order valence-electron chi connectivity index (χ3n) is 2.04. The van der Waals surface area contributed by atoms with Gasteiger partial charge in [-0.3, -0.25) is 0 Å². The number of carbonyl (C=O) groups excluding carboxylic acids is 1. The van der Waals surface area contributed by atoms with E-state index in [1.807, 2.05) is 0 Å². The van der Waals surface area contributed by atoms with E-state index in [0.717, 1.165) is 0 Å². The molecule has 1 fully saturated rings. The minimum absolute atomic E-state index is 0.441. The quantitative estimate of drug-likeness (QED) is 0.212. The Morgan fingerprint density at radius 3 is 2.44 bits per heavy atom. The number of aliphatic imine (C=N–C) groups is 1. The van der Waals surface area contributed by atoms with E-state index in [1.165, 1.54) is 0 Å². The fraction of sp³-hybridized carbons (Fsp3) is 0.714. The van der Waals surface area contributed by atoms with Crippen molar-refractivity contribution in [1.82, 2.24) is 5.32 Å². The van der Waals surface area contributed by atoms with Gasteiger partial charge in [0.2, 0.25) is 0 Å². The molecule has 92 valence electrons. The van der Waals surface area contributed by atoms with Crippen LogP contribution in [0.5, 0.6) is 0 Å². The molecule has 0 aliphatic carbocycles. The Morgan fingerprint density at radius 2 is 2.00 bits per heavy atom. The molecule has 2 amide bonds. The molecule has 9 heteroatoms. The highest BCUT2D eigenvalue weighted by Crippen LogP contribution is 2.19. The highest BCUT2D eigenvalue weighted by Gasteiger charge is 2.42. The predicted octanol–water partition coefficient (Wildman–Crippen LogP) is -3.59. The number of hydrogen-bond acceptors (Lipinski definition) is 5. The first-order chi connectivity index (χ1) is 7.45. The zero-order valence-corrected chi connectivity index (χ0v) is 8.28. The van der Waals surface area contributed by atoms with E-state index in [-0.39, 0.29) is 0 Å². The molecule has 1 aliphatic rings. The monoisotopic (exact) mass is 234 g/mol. The van der Waals surface area contributed by atoms with Crippen LogP contribution in [0.4, 0.5) is 4.79 Å². The second kappa shape index (κ2) is 5.07. The number of aliphatic hydroxyl groups is 3. The summed E-state index contributed by atoms with van der Waals surface area (Å²) in [5.74, 6) is -0.441. The van der Waals surface area contributed by atoms with Gasteiger partial charge >= 0.3 is 6.03 Å². The predicted molar refractivity (Wildman–Crippen MR) is 52.1 cm³/mol. The summed E-state index contributed by atoms with van der Waals surface area (Å²) >= 11 is 0. The molecule has 0 aromatic heterocycles. The molecule has 0 spiro atoms. The average Bonchev–Trinajstić information content (AvgIpc) is 2.44. The Labute approximate surface area is 90.7 Å². The number of carbonyl (C=O) groups is 1. The zero-order valence-electron chi connectivity index (χ0n) is 8.28. The third kappa shape index (κ3) is 2.79. The smallest absolute Gasteiger partial charge is 0.346 e. The maximum Gasteiger partial charge on any atom is 0.346 e. The molecule has 1 unspecified atom stereocenters. The first kappa shape index (κ1) is 12.6. The van der Waals surface area contributed by atoms with Crippen LogP contribution in [-0.2, 0) is 4.74 Å². The summed E-state index contributed by atoms with van der Waals surface area (Å²) < 4.78 is 4.95. The van der Waals surface area contributed by atoms with Crippen molar-refractivity contribution in [2.75, 3.05) is 6.61 Å². The minimum Gasteiger partial charge on any atom is -0.394 e. The molecule has 8 N–H and O–H groups in total. The number of nitrogens with zero attached hydrogens (tertiary/aromatic N) is 1. The van der Waals surface area contributed by atoms with Gasteiger partial charge in [-0.25, -0.2) is 4.79 Å². The first-order valence-electron chi connectivity index (χ1n) is 4.48. The topological polar surface area (TPSA) is 163 Å². The number of amides is 2. The van der Waals surface area contributed by atoms with Crippen LogP contribution in [0.3, 0.4) is 0 Å². The van der Waals surface area contributed by atoms with E-state index in [4.69, 9.17) is 21.3 Å². The van der Waals surface area contributed by atoms with Crippen molar-refractivity contribution in [2.45, 2.75) is 24.5 Å². The molecule has 1 rings (SSSR count). The zero-order chi connectivity index (χ0) is 12.3. The van der Waals surface area contributed by atoms with Crippen LogP contribution >= 0.6 is 0 Å². The van der Waals surface area contributed by atoms with Crippen molar-refractivity contribution >= 4 is 12.0 Å². The molecule has 0 bridgehead atoms. The molecule has 16 heavy (non-hydrogen) atoms. The van der Waals surface area contributed by atoms with Crippen molar-refractivity contribution in [3.63, 3.8) is 0 Å². The molecule has 0 aromatic carbocycles. The largest absolute Gasteiger partial charge is 0.394 e. The Morgan fingerprint density at radius 1 is 1.38 bits per heavy atom. The summed E-state index contributed by atoms with van der Waals surface area (Å²) in [5, 5.41) is 29.7. The molecule has 1 aliphatic heterocycles. The Bertz CT molecular complexity index is 293. The van der Waals surface area contributed by atoms with Crippen LogP contribution in [0.25, 0.3) is 0 Å². The van der Waals surface area contributed by atoms with Crippen molar-refractivity contribution in [3.8, 4) is 0 Å². The number of nitrogens with one attached hydrogen (secondary N) is 1. The summed E-state index contributed by atoms with van der Waals surface area (Å²) in [6.45, 7) is -0.479. The number of urea groups is 1. The number of hydrogen-bond donors (Lipinski definition) is 6. The highest BCUT2D eigenvalue weighted by atomic mass is 16.6. The molecule has 0 aromatic rings. The molecule has 1 heterocycles. The van der Waals surface area contributed by atoms with Gasteiger partial charge in [-0.2, -0.15) is 4.99 Å². The van der Waals surface area contributed by atoms with Crippen LogP contribution in [0.1, 0.15) is 0 Å². The van der Waals surface area contributed by atoms with E-state index < -0.39 is 43.1 Å². The molecular weight excluding hydrogens is 220 g/mol. The van der Waals surface area contributed by atoms with E-state index in [9.17, 15) is 15.0 Å². The Hall–Kier alpha value is -1.42. The molecule has 0 radical (unpaired) electrons. The fourth-order valence-electron chi connectivity index (χ4n) is 1.29. The fourth-order valence-corrected chi connectivity index (χ4v) is 1.29. The van der Waals surface area contributed by atoms with Gasteiger partial charge in [0.05, 0.1) is 6.61 Å². The van der Waals surface area contributed by atoms with Crippen LogP contribution < -0.4 is 16.8 Å². The number of rotatable bonds is 2. The van der Waals surface area contributed by atoms with Crippen molar-refractivity contribution in [1.29, 1.82) is 0 Å². The normalized spacial score (nSPS) is 33.4. The van der Waals surface area contributed by atoms with Crippen LogP contribution in [0.15, 0.2) is 4.99 Å². The van der Waals surface area contributed by atoms with Gasteiger partial charge in [-0.1, -0.05) is 0 Å². The summed E-state index contributed by atoms with van der Waals surface area (Å²) in [6, 6.07) is -0.908. The molecule has 0 saturated carbocycles. The lowest BCUT2D eigenvalue weighted by molar-refractivity contribution is -0.0281. The highest BCUT2D eigenvalue weighted by molar-refractivity contribution is 5.90. The summed E-state index contributed by atoms with van der Waals surface area (Å²) in [5.41, 5.74) is 9.91. The van der Waals surface area contributed by atoms with Crippen LogP contribution in [0, 0.1) is 0 Å². The summed E-state index contributed by atoms with van der Waals surface area (Å²) in [7, 11) is 0. The lowest BCUT2D eigenvalue weighted by Crippen LogP contribution is -2.43. The lowest BCUT2D eigenvalue weighted by atomic mass is 10.1. The Kier molecular flexibility index (Phi) is 4.01. The number of guanidine groups is 1. The lowest BCUT2D eigenvalue weighted by Gasteiger charge is -2.14. The van der Waals surface area contributed by atoms with Gasteiger partial charge < -0.3 is 36.8 Å². The molecule has 9 nitrogen and oxygen atoms in total. The molecule has 1 saturated heterocycles. The van der Waals surface area contributed by atoms with Crippen LogP contribution in [0.2, 0.25) is 0 Å². The summed E-state index contributed by atoms with van der Waals surface area (Å²) in [6.07, 6.45) is -4.76.